The molecule has 0 saturated carbocycles. The molecule has 0 aliphatic rings. The van der Waals surface area contributed by atoms with E-state index in [1.54, 1.807) is 13.1 Å². The minimum atomic E-state index is -0.795. The molecule has 0 unspecified atom stereocenters. The van der Waals surface area contributed by atoms with Crippen LogP contribution in [0.1, 0.15) is 20.7 Å². The molecule has 2 aromatic rings. The van der Waals surface area contributed by atoms with E-state index in [1.807, 2.05) is 0 Å². The minimum absolute atomic E-state index is 0.141. The van der Waals surface area contributed by atoms with Gasteiger partial charge in [0.15, 0.2) is 0 Å². The van der Waals surface area contributed by atoms with Crippen molar-refractivity contribution < 1.29 is 14.3 Å². The van der Waals surface area contributed by atoms with Crippen molar-refractivity contribution in [2.24, 2.45) is 0 Å². The number of rotatable bonds is 3. The van der Waals surface area contributed by atoms with Crippen LogP contribution in [0.15, 0.2) is 36.7 Å². The van der Waals surface area contributed by atoms with E-state index in [1.165, 1.54) is 30.6 Å². The number of nitrogens with zero attached hydrogens (tertiary/aromatic N) is 2. The highest BCUT2D eigenvalue weighted by Gasteiger charge is 2.15. The number of nitrogens with one attached hydrogen (secondary N) is 1. The van der Waals surface area contributed by atoms with Crippen molar-refractivity contribution in [1.82, 2.24) is 9.97 Å². The van der Waals surface area contributed by atoms with Crippen LogP contribution in [-0.4, -0.2) is 29.0 Å². The van der Waals surface area contributed by atoms with Gasteiger partial charge in [-0.1, -0.05) is 11.6 Å². The van der Waals surface area contributed by atoms with Gasteiger partial charge in [0.05, 0.1) is 11.1 Å². The standard InChI is InChI=1S/C13H10ClN3O3/c1-15-11-5-3-9(7-17-11)13(19)20-12(18)8-2-4-10(14)16-6-8/h2-7H,1H3,(H,15,17). The average molecular weight is 292 g/mol. The Morgan fingerprint density at radius 3 is 2.10 bits per heavy atom. The zero-order valence-electron chi connectivity index (χ0n) is 10.5. The number of esters is 2. The summed E-state index contributed by atoms with van der Waals surface area (Å²) in [6, 6.07) is 5.97. The summed E-state index contributed by atoms with van der Waals surface area (Å²) in [7, 11) is 1.71. The number of halogens is 1. The molecule has 0 aromatic carbocycles. The van der Waals surface area contributed by atoms with Crippen LogP contribution in [0.4, 0.5) is 5.82 Å². The molecule has 2 heterocycles. The molecular formula is C13H10ClN3O3. The number of hydrogen-bond donors (Lipinski definition) is 1. The monoisotopic (exact) mass is 291 g/mol. The van der Waals surface area contributed by atoms with Crippen molar-refractivity contribution in [3.8, 4) is 0 Å². The van der Waals surface area contributed by atoms with Crippen molar-refractivity contribution >= 4 is 29.4 Å². The summed E-state index contributed by atoms with van der Waals surface area (Å²) in [5.74, 6) is -0.966. The zero-order chi connectivity index (χ0) is 14.5. The summed E-state index contributed by atoms with van der Waals surface area (Å²) in [6.07, 6.45) is 2.56. The lowest BCUT2D eigenvalue weighted by molar-refractivity contribution is 0.0397. The van der Waals surface area contributed by atoms with Gasteiger partial charge in [-0.3, -0.25) is 0 Å². The Hall–Kier alpha value is -2.47. The molecule has 0 aliphatic carbocycles. The number of ether oxygens (including phenoxy) is 1. The third-order valence-corrected chi connectivity index (χ3v) is 2.63. The second kappa shape index (κ2) is 6.12. The number of carbonyl (C=O) groups excluding carboxylic acids is 2. The quantitative estimate of drug-likeness (QED) is 0.530. The van der Waals surface area contributed by atoms with Gasteiger partial charge in [0.1, 0.15) is 11.0 Å². The highest BCUT2D eigenvalue weighted by Crippen LogP contribution is 2.09. The Morgan fingerprint density at radius 1 is 1.05 bits per heavy atom. The van der Waals surface area contributed by atoms with Crippen LogP contribution in [0.25, 0.3) is 0 Å². The molecular weight excluding hydrogens is 282 g/mol. The molecule has 0 fully saturated rings. The second-order valence-electron chi connectivity index (χ2n) is 3.73. The minimum Gasteiger partial charge on any atom is -0.386 e. The van der Waals surface area contributed by atoms with Crippen LogP contribution < -0.4 is 5.32 Å². The maximum atomic E-state index is 11.7. The molecule has 102 valence electrons. The molecule has 20 heavy (non-hydrogen) atoms. The van der Waals surface area contributed by atoms with E-state index in [2.05, 4.69) is 15.3 Å². The number of pyridine rings is 2. The molecule has 0 radical (unpaired) electrons. The molecule has 0 aliphatic heterocycles. The SMILES string of the molecule is CNc1ccc(C(=O)OC(=O)c2ccc(Cl)nc2)cn1. The van der Waals surface area contributed by atoms with Crippen LogP contribution in [0.5, 0.6) is 0 Å². The Bertz CT molecular complexity index is 626. The fourth-order valence-corrected chi connectivity index (χ4v) is 1.47. The number of anilines is 1. The van der Waals surface area contributed by atoms with Crippen LogP contribution >= 0.6 is 11.6 Å². The predicted octanol–water partition coefficient (Wildman–Crippen LogP) is 2.17. The molecule has 6 nitrogen and oxygen atoms in total. The Kier molecular flexibility index (Phi) is 4.27. The number of hydrogen-bond acceptors (Lipinski definition) is 6. The third kappa shape index (κ3) is 3.30. The maximum Gasteiger partial charge on any atom is 0.347 e. The number of carbonyl (C=O) groups is 2. The topological polar surface area (TPSA) is 81.2 Å². The summed E-state index contributed by atoms with van der Waals surface area (Å²) in [6.45, 7) is 0. The summed E-state index contributed by atoms with van der Waals surface area (Å²) in [5, 5.41) is 3.06. The molecule has 0 bridgehead atoms. The lowest BCUT2D eigenvalue weighted by Gasteiger charge is -2.03. The van der Waals surface area contributed by atoms with E-state index in [0.717, 1.165) is 0 Å². The van der Waals surface area contributed by atoms with Gasteiger partial charge in [0, 0.05) is 19.4 Å². The zero-order valence-corrected chi connectivity index (χ0v) is 11.2. The van der Waals surface area contributed by atoms with Gasteiger partial charge in [-0.15, -0.1) is 0 Å². The normalized spacial score (nSPS) is 9.90. The Morgan fingerprint density at radius 2 is 1.65 bits per heavy atom. The lowest BCUT2D eigenvalue weighted by atomic mass is 10.2. The van der Waals surface area contributed by atoms with Crippen LogP contribution in [0, 0.1) is 0 Å². The fourth-order valence-electron chi connectivity index (χ4n) is 1.36. The van der Waals surface area contributed by atoms with Crippen molar-refractivity contribution in [3.63, 3.8) is 0 Å². The van der Waals surface area contributed by atoms with Gasteiger partial charge in [-0.2, -0.15) is 0 Å². The molecule has 0 saturated heterocycles. The van der Waals surface area contributed by atoms with Crippen molar-refractivity contribution in [3.05, 3.63) is 52.9 Å². The van der Waals surface area contributed by atoms with Crippen molar-refractivity contribution in [2.75, 3.05) is 12.4 Å². The van der Waals surface area contributed by atoms with Crippen molar-refractivity contribution in [1.29, 1.82) is 0 Å². The second-order valence-corrected chi connectivity index (χ2v) is 4.12. The summed E-state index contributed by atoms with van der Waals surface area (Å²) < 4.78 is 4.71. The van der Waals surface area contributed by atoms with Gasteiger partial charge >= 0.3 is 11.9 Å². The van der Waals surface area contributed by atoms with Gasteiger partial charge in [0.2, 0.25) is 0 Å². The molecule has 0 spiro atoms. The highest BCUT2D eigenvalue weighted by atomic mass is 35.5. The van der Waals surface area contributed by atoms with Gasteiger partial charge in [-0.25, -0.2) is 19.6 Å². The highest BCUT2D eigenvalue weighted by molar-refractivity contribution is 6.29. The van der Waals surface area contributed by atoms with Gasteiger partial charge in [0.25, 0.3) is 0 Å². The van der Waals surface area contributed by atoms with E-state index in [0.29, 0.717) is 5.82 Å². The molecule has 0 amide bonds. The molecule has 7 heteroatoms. The summed E-state index contributed by atoms with van der Waals surface area (Å²) in [5.41, 5.74) is 0.321. The fraction of sp³-hybridized carbons (Fsp3) is 0.0769. The largest absolute Gasteiger partial charge is 0.386 e. The first-order valence-corrected chi connectivity index (χ1v) is 6.00. The first-order valence-electron chi connectivity index (χ1n) is 5.62. The smallest absolute Gasteiger partial charge is 0.347 e. The molecule has 2 rings (SSSR count). The van der Waals surface area contributed by atoms with E-state index in [4.69, 9.17) is 16.3 Å². The van der Waals surface area contributed by atoms with Crippen LogP contribution in [-0.2, 0) is 4.74 Å². The van der Waals surface area contributed by atoms with Crippen LogP contribution in [0.2, 0.25) is 5.15 Å². The maximum absolute atomic E-state index is 11.7. The Balaban J connectivity index is 2.06. The summed E-state index contributed by atoms with van der Waals surface area (Å²) in [4.78, 5) is 31.1. The summed E-state index contributed by atoms with van der Waals surface area (Å²) >= 11 is 5.60. The molecule has 2 aromatic heterocycles. The van der Waals surface area contributed by atoms with E-state index in [9.17, 15) is 9.59 Å². The van der Waals surface area contributed by atoms with E-state index < -0.39 is 11.9 Å². The van der Waals surface area contributed by atoms with Gasteiger partial charge in [-0.05, 0) is 24.3 Å². The first-order chi connectivity index (χ1) is 9.60. The Labute approximate surface area is 119 Å². The predicted molar refractivity (Wildman–Crippen MR) is 72.8 cm³/mol. The van der Waals surface area contributed by atoms with Gasteiger partial charge < -0.3 is 10.1 Å². The first kappa shape index (κ1) is 14.0. The average Bonchev–Trinajstić information content (AvgIpc) is 2.48. The number of aromatic nitrogens is 2. The van der Waals surface area contributed by atoms with Crippen LogP contribution in [0.3, 0.4) is 0 Å². The molecule has 1 N–H and O–H groups in total. The van der Waals surface area contributed by atoms with E-state index >= 15 is 0 Å². The lowest BCUT2D eigenvalue weighted by Crippen LogP contribution is -2.13. The van der Waals surface area contributed by atoms with E-state index in [-0.39, 0.29) is 16.3 Å². The third-order valence-electron chi connectivity index (χ3n) is 2.40. The molecule has 0 atom stereocenters. The van der Waals surface area contributed by atoms with Crippen molar-refractivity contribution in [2.45, 2.75) is 0 Å².